The highest BCUT2D eigenvalue weighted by molar-refractivity contribution is 5.77. The molecule has 5 heteroatoms. The number of carbonyl (C=O) groups is 1. The average molecular weight is 296 g/mol. The van der Waals surface area contributed by atoms with Crippen LogP contribution in [-0.2, 0) is 11.3 Å². The SMILES string of the molecule is CCN(Cc1ccc(F)c(F)c1)C(=O)CC1(CN)CCC1. The van der Waals surface area contributed by atoms with Gasteiger partial charge in [0, 0.05) is 19.5 Å². The number of hydrogen-bond donors (Lipinski definition) is 1. The summed E-state index contributed by atoms with van der Waals surface area (Å²) in [5.74, 6) is -1.72. The molecule has 1 aliphatic carbocycles. The Hall–Kier alpha value is -1.49. The van der Waals surface area contributed by atoms with Crippen molar-refractivity contribution in [3.63, 3.8) is 0 Å². The highest BCUT2D eigenvalue weighted by Crippen LogP contribution is 2.43. The van der Waals surface area contributed by atoms with E-state index in [-0.39, 0.29) is 11.3 Å². The number of rotatable bonds is 6. The standard InChI is InChI=1S/C16H22F2N2O/c1-2-20(10-12-4-5-13(17)14(18)8-12)15(21)9-16(11-19)6-3-7-16/h4-5,8H,2-3,6-7,9-11,19H2,1H3. The summed E-state index contributed by atoms with van der Waals surface area (Å²) in [5, 5.41) is 0. The van der Waals surface area contributed by atoms with Crippen LogP contribution in [0.25, 0.3) is 0 Å². The maximum atomic E-state index is 13.2. The molecule has 116 valence electrons. The molecular formula is C16H22F2N2O. The molecule has 2 rings (SSSR count). The van der Waals surface area contributed by atoms with E-state index in [9.17, 15) is 13.6 Å². The Balaban J connectivity index is 2.01. The highest BCUT2D eigenvalue weighted by atomic mass is 19.2. The Morgan fingerprint density at radius 2 is 2.05 bits per heavy atom. The minimum Gasteiger partial charge on any atom is -0.339 e. The van der Waals surface area contributed by atoms with Gasteiger partial charge in [0.25, 0.3) is 0 Å². The number of carbonyl (C=O) groups excluding carboxylic acids is 1. The lowest BCUT2D eigenvalue weighted by molar-refractivity contribution is -0.135. The third-order valence-corrected chi connectivity index (χ3v) is 4.47. The molecule has 0 bridgehead atoms. The second-order valence-corrected chi connectivity index (χ2v) is 5.89. The Bertz CT molecular complexity index is 509. The van der Waals surface area contributed by atoms with Crippen molar-refractivity contribution in [2.75, 3.05) is 13.1 Å². The first-order valence-corrected chi connectivity index (χ1v) is 7.41. The highest BCUT2D eigenvalue weighted by Gasteiger charge is 2.38. The quantitative estimate of drug-likeness (QED) is 0.877. The molecule has 1 saturated carbocycles. The van der Waals surface area contributed by atoms with Crippen LogP contribution in [0.4, 0.5) is 8.78 Å². The van der Waals surface area contributed by atoms with Crippen molar-refractivity contribution in [1.29, 1.82) is 0 Å². The molecule has 0 aromatic heterocycles. The summed E-state index contributed by atoms with van der Waals surface area (Å²) in [4.78, 5) is 14.1. The maximum Gasteiger partial charge on any atom is 0.223 e. The molecule has 0 atom stereocenters. The summed E-state index contributed by atoms with van der Waals surface area (Å²) in [7, 11) is 0. The molecule has 1 aromatic carbocycles. The molecule has 1 amide bonds. The zero-order chi connectivity index (χ0) is 15.5. The van der Waals surface area contributed by atoms with E-state index in [4.69, 9.17) is 5.73 Å². The minimum absolute atomic E-state index is 0.0346. The van der Waals surface area contributed by atoms with E-state index < -0.39 is 11.6 Å². The van der Waals surface area contributed by atoms with Crippen LogP contribution in [-0.4, -0.2) is 23.9 Å². The van der Waals surface area contributed by atoms with Gasteiger partial charge in [-0.05, 0) is 49.4 Å². The fraction of sp³-hybridized carbons (Fsp3) is 0.562. The van der Waals surface area contributed by atoms with Crippen LogP contribution in [0.2, 0.25) is 0 Å². The van der Waals surface area contributed by atoms with Crippen molar-refractivity contribution in [3.05, 3.63) is 35.4 Å². The van der Waals surface area contributed by atoms with Gasteiger partial charge in [-0.3, -0.25) is 4.79 Å². The lowest BCUT2D eigenvalue weighted by Gasteiger charge is -2.41. The number of nitrogens with zero attached hydrogens (tertiary/aromatic N) is 1. The van der Waals surface area contributed by atoms with Crippen LogP contribution in [0, 0.1) is 17.0 Å². The summed E-state index contributed by atoms with van der Waals surface area (Å²) in [6.45, 7) is 3.25. The second-order valence-electron chi connectivity index (χ2n) is 5.89. The molecular weight excluding hydrogens is 274 g/mol. The number of halogens is 2. The van der Waals surface area contributed by atoms with Gasteiger partial charge in [0.1, 0.15) is 0 Å². The van der Waals surface area contributed by atoms with E-state index in [1.54, 1.807) is 4.90 Å². The van der Waals surface area contributed by atoms with Crippen LogP contribution in [0.3, 0.4) is 0 Å². The van der Waals surface area contributed by atoms with Crippen LogP contribution >= 0.6 is 0 Å². The van der Waals surface area contributed by atoms with Crippen LogP contribution < -0.4 is 5.73 Å². The fourth-order valence-corrected chi connectivity index (χ4v) is 2.80. The predicted molar refractivity (Wildman–Crippen MR) is 77.4 cm³/mol. The van der Waals surface area contributed by atoms with E-state index in [0.717, 1.165) is 31.4 Å². The molecule has 0 aliphatic heterocycles. The Morgan fingerprint density at radius 3 is 2.52 bits per heavy atom. The van der Waals surface area contributed by atoms with Gasteiger partial charge in [0.2, 0.25) is 5.91 Å². The number of benzene rings is 1. The first-order valence-electron chi connectivity index (χ1n) is 7.41. The predicted octanol–water partition coefficient (Wildman–Crippen LogP) is 2.83. The minimum atomic E-state index is -0.881. The molecule has 1 aliphatic rings. The summed E-state index contributed by atoms with van der Waals surface area (Å²) in [6, 6.07) is 3.75. The first-order chi connectivity index (χ1) is 9.99. The van der Waals surface area contributed by atoms with E-state index in [2.05, 4.69) is 0 Å². The zero-order valence-electron chi connectivity index (χ0n) is 12.4. The van der Waals surface area contributed by atoms with Gasteiger partial charge in [-0.25, -0.2) is 8.78 Å². The molecule has 0 spiro atoms. The Morgan fingerprint density at radius 1 is 1.33 bits per heavy atom. The van der Waals surface area contributed by atoms with Crippen molar-refractivity contribution in [2.24, 2.45) is 11.1 Å². The van der Waals surface area contributed by atoms with Gasteiger partial charge >= 0.3 is 0 Å². The molecule has 3 nitrogen and oxygen atoms in total. The molecule has 0 unspecified atom stereocenters. The molecule has 0 saturated heterocycles. The molecule has 1 fully saturated rings. The lowest BCUT2D eigenvalue weighted by atomic mass is 9.66. The molecule has 21 heavy (non-hydrogen) atoms. The van der Waals surface area contributed by atoms with Crippen molar-refractivity contribution in [3.8, 4) is 0 Å². The average Bonchev–Trinajstić information content (AvgIpc) is 2.43. The smallest absolute Gasteiger partial charge is 0.223 e. The summed E-state index contributed by atoms with van der Waals surface area (Å²) in [6.07, 6.45) is 3.57. The third kappa shape index (κ3) is 3.59. The van der Waals surface area contributed by atoms with Gasteiger partial charge in [-0.2, -0.15) is 0 Å². The summed E-state index contributed by atoms with van der Waals surface area (Å²) >= 11 is 0. The van der Waals surface area contributed by atoms with Gasteiger partial charge in [-0.1, -0.05) is 12.5 Å². The van der Waals surface area contributed by atoms with Crippen molar-refractivity contribution < 1.29 is 13.6 Å². The zero-order valence-corrected chi connectivity index (χ0v) is 12.4. The molecule has 0 radical (unpaired) electrons. The van der Waals surface area contributed by atoms with Gasteiger partial charge in [0.15, 0.2) is 11.6 Å². The summed E-state index contributed by atoms with van der Waals surface area (Å²) in [5.41, 5.74) is 6.34. The van der Waals surface area contributed by atoms with Crippen molar-refractivity contribution in [1.82, 2.24) is 4.90 Å². The molecule has 0 heterocycles. The van der Waals surface area contributed by atoms with Gasteiger partial charge in [-0.15, -0.1) is 0 Å². The maximum absolute atomic E-state index is 13.2. The molecule has 1 aromatic rings. The van der Waals surface area contributed by atoms with Crippen LogP contribution in [0.5, 0.6) is 0 Å². The van der Waals surface area contributed by atoms with E-state index in [1.807, 2.05) is 6.92 Å². The fourth-order valence-electron chi connectivity index (χ4n) is 2.80. The van der Waals surface area contributed by atoms with Crippen LogP contribution in [0.15, 0.2) is 18.2 Å². The van der Waals surface area contributed by atoms with Crippen molar-refractivity contribution >= 4 is 5.91 Å². The summed E-state index contributed by atoms with van der Waals surface area (Å²) < 4.78 is 26.2. The first kappa shape index (κ1) is 15.9. The second kappa shape index (κ2) is 6.52. The van der Waals surface area contributed by atoms with Crippen molar-refractivity contribution in [2.45, 2.75) is 39.2 Å². The monoisotopic (exact) mass is 296 g/mol. The van der Waals surface area contributed by atoms with Gasteiger partial charge < -0.3 is 10.6 Å². The topological polar surface area (TPSA) is 46.3 Å². The Labute approximate surface area is 124 Å². The van der Waals surface area contributed by atoms with E-state index in [0.29, 0.717) is 31.6 Å². The number of nitrogens with two attached hydrogens (primary N) is 1. The normalized spacial score (nSPS) is 16.4. The Kier molecular flexibility index (Phi) is 4.93. The van der Waals surface area contributed by atoms with Gasteiger partial charge in [0.05, 0.1) is 0 Å². The van der Waals surface area contributed by atoms with Crippen LogP contribution in [0.1, 0.15) is 38.2 Å². The third-order valence-electron chi connectivity index (χ3n) is 4.47. The number of amides is 1. The van der Waals surface area contributed by atoms with E-state index in [1.165, 1.54) is 6.07 Å². The largest absolute Gasteiger partial charge is 0.339 e. The number of hydrogen-bond acceptors (Lipinski definition) is 2. The lowest BCUT2D eigenvalue weighted by Crippen LogP contribution is -2.43. The molecule has 2 N–H and O–H groups in total. The van der Waals surface area contributed by atoms with E-state index >= 15 is 0 Å².